The Labute approximate surface area is 137 Å². The van der Waals surface area contributed by atoms with E-state index in [9.17, 15) is 13.6 Å². The van der Waals surface area contributed by atoms with E-state index >= 15 is 0 Å². The molecule has 1 unspecified atom stereocenters. The molecule has 0 bridgehead atoms. The highest BCUT2D eigenvalue weighted by atomic mass is 19.1. The van der Waals surface area contributed by atoms with E-state index in [-0.39, 0.29) is 11.6 Å². The van der Waals surface area contributed by atoms with E-state index in [1.54, 1.807) is 6.07 Å². The second-order valence-corrected chi connectivity index (χ2v) is 5.94. The van der Waals surface area contributed by atoms with Gasteiger partial charge in [-0.25, -0.2) is 13.6 Å². The van der Waals surface area contributed by atoms with Crippen molar-refractivity contribution < 1.29 is 13.6 Å². The largest absolute Gasteiger partial charge is 0.353 e. The maximum Gasteiger partial charge on any atom is 0.346 e. The molecule has 0 saturated carbocycles. The van der Waals surface area contributed by atoms with E-state index in [4.69, 9.17) is 0 Å². The first-order chi connectivity index (χ1) is 11.6. The maximum absolute atomic E-state index is 14.0. The molecule has 24 heavy (non-hydrogen) atoms. The van der Waals surface area contributed by atoms with Crippen LogP contribution in [-0.4, -0.2) is 19.1 Å². The summed E-state index contributed by atoms with van der Waals surface area (Å²) in [6.45, 7) is 1.72. The summed E-state index contributed by atoms with van der Waals surface area (Å²) in [6.07, 6.45) is 0.949. The maximum atomic E-state index is 14.0. The fraction of sp³-hybridized carbons (Fsp3) is 0.235. The Morgan fingerprint density at radius 2 is 2.04 bits per heavy atom. The van der Waals surface area contributed by atoms with Crippen LogP contribution in [-0.2, 0) is 0 Å². The van der Waals surface area contributed by atoms with Crippen LogP contribution in [0.5, 0.6) is 0 Å². The van der Waals surface area contributed by atoms with Crippen molar-refractivity contribution in [1.82, 2.24) is 10.6 Å². The van der Waals surface area contributed by atoms with Gasteiger partial charge in [-0.05, 0) is 48.7 Å². The average Bonchev–Trinajstić information content (AvgIpc) is 3.17. The number of hydrogen-bond donors (Lipinski definition) is 3. The fourth-order valence-corrected chi connectivity index (χ4v) is 3.15. The second-order valence-electron chi connectivity index (χ2n) is 5.94. The molecule has 4 rings (SSSR count). The van der Waals surface area contributed by atoms with Gasteiger partial charge in [0, 0.05) is 18.3 Å². The molecule has 2 aromatic carbocycles. The summed E-state index contributed by atoms with van der Waals surface area (Å²) >= 11 is 0. The third-order valence-corrected chi connectivity index (χ3v) is 4.33. The number of carbonyl (C=O) groups is 1. The first-order valence-electron chi connectivity index (χ1n) is 7.73. The third kappa shape index (κ3) is 2.67. The molecule has 1 fully saturated rings. The minimum atomic E-state index is -0.669. The van der Waals surface area contributed by atoms with Crippen molar-refractivity contribution in [2.45, 2.75) is 12.3 Å². The molecule has 5 nitrogen and oxygen atoms in total. The number of rotatable bonds is 3. The van der Waals surface area contributed by atoms with Crippen LogP contribution < -0.4 is 21.3 Å². The Kier molecular flexibility index (Phi) is 3.57. The average molecular weight is 329 g/mol. The molecule has 2 aromatic rings. The van der Waals surface area contributed by atoms with Crippen molar-refractivity contribution in [3.05, 3.63) is 47.5 Å². The first kappa shape index (κ1) is 14.9. The predicted molar refractivity (Wildman–Crippen MR) is 87.1 cm³/mol. The monoisotopic (exact) mass is 329 g/mol. The molecule has 2 amide bonds. The lowest BCUT2D eigenvalue weighted by Gasteiger charge is -2.18. The highest BCUT2D eigenvalue weighted by Gasteiger charge is 2.26. The summed E-state index contributed by atoms with van der Waals surface area (Å²) in [6, 6.07) is 6.59. The lowest BCUT2D eigenvalue weighted by molar-refractivity contribution is 0.256. The molecule has 1 atom stereocenters. The van der Waals surface area contributed by atoms with Crippen LogP contribution in [0.2, 0.25) is 0 Å². The van der Waals surface area contributed by atoms with Gasteiger partial charge in [-0.1, -0.05) is 0 Å². The molecule has 2 heterocycles. The number of urea groups is 1. The molecule has 0 aromatic heterocycles. The van der Waals surface area contributed by atoms with Crippen LogP contribution in [0.4, 0.5) is 36.3 Å². The van der Waals surface area contributed by atoms with Gasteiger partial charge in [0.05, 0.1) is 17.1 Å². The molecule has 2 aliphatic rings. The first-order valence-corrected chi connectivity index (χ1v) is 7.73. The van der Waals surface area contributed by atoms with Crippen molar-refractivity contribution in [3.8, 4) is 0 Å². The molecule has 1 radical (unpaired) electrons. The zero-order chi connectivity index (χ0) is 16.7. The summed E-state index contributed by atoms with van der Waals surface area (Å²) in [5.41, 5.74) is 3.00. The van der Waals surface area contributed by atoms with Gasteiger partial charge < -0.3 is 16.0 Å². The van der Waals surface area contributed by atoms with E-state index in [1.807, 2.05) is 6.07 Å². The van der Waals surface area contributed by atoms with Gasteiger partial charge in [-0.2, -0.15) is 5.32 Å². The van der Waals surface area contributed by atoms with E-state index in [2.05, 4.69) is 21.3 Å². The predicted octanol–water partition coefficient (Wildman–Crippen LogP) is 3.57. The summed E-state index contributed by atoms with van der Waals surface area (Å²) in [5, 5.41) is 12.9. The Morgan fingerprint density at radius 1 is 1.17 bits per heavy atom. The summed E-state index contributed by atoms with van der Waals surface area (Å²) < 4.78 is 27.1. The summed E-state index contributed by atoms with van der Waals surface area (Å²) in [4.78, 5) is 11.5. The molecular weight excluding hydrogens is 314 g/mol. The second kappa shape index (κ2) is 5.76. The molecule has 0 spiro atoms. The standard InChI is InChI=1S/C17H15F2N4O/c18-10-1-2-13(12(19)5-10)21-14-7-16-15(22-17(24)23-16)6-11(14)9-3-4-20-8-9/h1-2,5-7,9,20-21H,3-4,8H2,(H,22,24). The normalized spacial score (nSPS) is 18.9. The van der Waals surface area contributed by atoms with E-state index in [0.717, 1.165) is 31.1 Å². The third-order valence-electron chi connectivity index (χ3n) is 4.33. The van der Waals surface area contributed by atoms with Crippen molar-refractivity contribution >= 4 is 28.8 Å². The van der Waals surface area contributed by atoms with Gasteiger partial charge >= 0.3 is 6.03 Å². The number of hydrogen-bond acceptors (Lipinski definition) is 3. The highest BCUT2D eigenvalue weighted by molar-refractivity contribution is 6.03. The number of amides is 2. The van der Waals surface area contributed by atoms with Crippen molar-refractivity contribution in [2.75, 3.05) is 23.7 Å². The lowest BCUT2D eigenvalue weighted by Crippen LogP contribution is -2.10. The summed E-state index contributed by atoms with van der Waals surface area (Å²) in [5.74, 6) is -1.05. The number of anilines is 3. The quantitative estimate of drug-likeness (QED) is 0.806. The Morgan fingerprint density at radius 3 is 2.79 bits per heavy atom. The van der Waals surface area contributed by atoms with E-state index < -0.39 is 17.7 Å². The van der Waals surface area contributed by atoms with Crippen LogP contribution in [0.1, 0.15) is 17.9 Å². The van der Waals surface area contributed by atoms with E-state index in [1.165, 1.54) is 12.1 Å². The van der Waals surface area contributed by atoms with Crippen molar-refractivity contribution in [3.63, 3.8) is 0 Å². The zero-order valence-electron chi connectivity index (χ0n) is 12.7. The van der Waals surface area contributed by atoms with Crippen molar-refractivity contribution in [1.29, 1.82) is 0 Å². The van der Waals surface area contributed by atoms with E-state index in [0.29, 0.717) is 17.1 Å². The topological polar surface area (TPSA) is 67.3 Å². The SMILES string of the molecule is O=C1[N]c2cc(Nc3ccc(F)cc3F)c(C3CCNC3)cc2N1. The van der Waals surface area contributed by atoms with Gasteiger partial charge in [-0.3, -0.25) is 0 Å². The number of nitrogens with one attached hydrogen (secondary N) is 3. The van der Waals surface area contributed by atoms with Gasteiger partial charge in [0.2, 0.25) is 0 Å². The Hall–Kier alpha value is -2.67. The minimum Gasteiger partial charge on any atom is -0.353 e. The number of halogens is 2. The highest BCUT2D eigenvalue weighted by Crippen LogP contribution is 2.39. The molecule has 0 aliphatic carbocycles. The molecular formula is C17H15F2N4O. The number of benzene rings is 2. The molecule has 1 saturated heterocycles. The Balaban J connectivity index is 1.75. The van der Waals surface area contributed by atoms with Crippen LogP contribution in [0.15, 0.2) is 30.3 Å². The summed E-state index contributed by atoms with van der Waals surface area (Å²) in [7, 11) is 0. The fourth-order valence-electron chi connectivity index (χ4n) is 3.15. The van der Waals surface area contributed by atoms with Gasteiger partial charge in [-0.15, -0.1) is 0 Å². The molecule has 3 N–H and O–H groups in total. The van der Waals surface area contributed by atoms with Crippen LogP contribution >= 0.6 is 0 Å². The lowest BCUT2D eigenvalue weighted by atomic mass is 9.95. The molecule has 7 heteroatoms. The van der Waals surface area contributed by atoms with Gasteiger partial charge in [0.25, 0.3) is 0 Å². The number of nitrogens with zero attached hydrogens (tertiary/aromatic N) is 1. The number of fused-ring (bicyclic) bond motifs is 1. The molecule has 2 aliphatic heterocycles. The zero-order valence-corrected chi connectivity index (χ0v) is 12.7. The van der Waals surface area contributed by atoms with Gasteiger partial charge in [0.1, 0.15) is 11.6 Å². The van der Waals surface area contributed by atoms with Gasteiger partial charge in [0.15, 0.2) is 0 Å². The molecule has 123 valence electrons. The Bertz CT molecular complexity index is 818. The minimum absolute atomic E-state index is 0.181. The van der Waals surface area contributed by atoms with Crippen LogP contribution in [0.3, 0.4) is 0 Å². The van der Waals surface area contributed by atoms with Crippen molar-refractivity contribution in [2.24, 2.45) is 0 Å². The van der Waals surface area contributed by atoms with Crippen LogP contribution in [0.25, 0.3) is 0 Å². The smallest absolute Gasteiger partial charge is 0.346 e. The van der Waals surface area contributed by atoms with Crippen LogP contribution in [0, 0.1) is 11.6 Å². The number of carbonyl (C=O) groups excluding carboxylic acids is 1.